The van der Waals surface area contributed by atoms with Crippen LogP contribution in [-0.4, -0.2) is 139 Å². The number of alkyl halides is 3. The summed E-state index contributed by atoms with van der Waals surface area (Å²) >= 11 is 5.98. The molecule has 394 valence electrons. The van der Waals surface area contributed by atoms with Crippen molar-refractivity contribution in [2.24, 2.45) is 7.05 Å². The zero-order chi connectivity index (χ0) is 51.6. The molecular weight excluding hydrogens is 992 g/mol. The molecule has 1 unspecified atom stereocenters. The Balaban J connectivity index is 0.695. The number of pyridine rings is 1. The van der Waals surface area contributed by atoms with Crippen LogP contribution in [0.25, 0.3) is 33.2 Å². The normalized spacial score (nSPS) is 24.6. The van der Waals surface area contributed by atoms with E-state index in [2.05, 4.69) is 25.5 Å². The molecule has 6 aliphatic heterocycles. The summed E-state index contributed by atoms with van der Waals surface area (Å²) in [6.07, 6.45) is 4.22. The average Bonchev–Trinajstić information content (AvgIpc) is 4.11. The first-order valence-corrected chi connectivity index (χ1v) is 25.8. The van der Waals surface area contributed by atoms with Crippen LogP contribution in [0.4, 0.5) is 28.2 Å². The zero-order valence-corrected chi connectivity index (χ0v) is 41.5. The zero-order valence-electron chi connectivity index (χ0n) is 40.8. The molecule has 0 spiro atoms. The van der Waals surface area contributed by atoms with Gasteiger partial charge in [0.25, 0.3) is 0 Å². The van der Waals surface area contributed by atoms with Crippen LogP contribution in [0.15, 0.2) is 41.3 Å². The van der Waals surface area contributed by atoms with Crippen molar-refractivity contribution in [3.63, 3.8) is 0 Å². The molecule has 18 nitrogen and oxygen atoms in total. The lowest BCUT2D eigenvalue weighted by atomic mass is 9.95. The van der Waals surface area contributed by atoms with Gasteiger partial charge in [-0.1, -0.05) is 17.7 Å². The average molecular weight is 1050 g/mol. The van der Waals surface area contributed by atoms with Gasteiger partial charge in [0.1, 0.15) is 42.0 Å². The van der Waals surface area contributed by atoms with Crippen LogP contribution in [0.2, 0.25) is 5.02 Å². The minimum atomic E-state index is -4.99. The van der Waals surface area contributed by atoms with Gasteiger partial charge in [0.05, 0.1) is 38.6 Å². The molecule has 11 rings (SSSR count). The summed E-state index contributed by atoms with van der Waals surface area (Å²) in [5, 5.41) is 15.6. The quantitative estimate of drug-likeness (QED) is 0.0665. The van der Waals surface area contributed by atoms with Crippen molar-refractivity contribution in [1.82, 2.24) is 44.5 Å². The molecule has 23 heteroatoms. The van der Waals surface area contributed by atoms with Gasteiger partial charge in [-0.2, -0.15) is 23.1 Å². The fourth-order valence-electron chi connectivity index (χ4n) is 12.3. The lowest BCUT2D eigenvalue weighted by Crippen LogP contribution is -2.51. The number of piperazine rings is 1. The van der Waals surface area contributed by atoms with Crippen molar-refractivity contribution in [3.8, 4) is 23.0 Å². The van der Waals surface area contributed by atoms with Gasteiger partial charge in [0.2, 0.25) is 11.8 Å². The Kier molecular flexibility index (Phi) is 13.5. The largest absolute Gasteiger partial charge is 0.508 e. The van der Waals surface area contributed by atoms with Gasteiger partial charge in [0, 0.05) is 76.1 Å². The number of aryl methyl sites for hydroxylation is 2. The summed E-state index contributed by atoms with van der Waals surface area (Å²) in [6.45, 7) is 3.75. The number of nitrogens with one attached hydrogen (secondary N) is 2. The molecule has 0 saturated carbocycles. The van der Waals surface area contributed by atoms with Crippen LogP contribution in [0.1, 0.15) is 87.8 Å². The second-order valence-electron chi connectivity index (χ2n) is 20.6. The van der Waals surface area contributed by atoms with Crippen molar-refractivity contribution in [2.75, 3.05) is 57.4 Å². The van der Waals surface area contributed by atoms with Gasteiger partial charge in [-0.15, -0.1) is 0 Å². The van der Waals surface area contributed by atoms with E-state index < -0.39 is 57.1 Å². The molecule has 74 heavy (non-hydrogen) atoms. The van der Waals surface area contributed by atoms with E-state index >= 15 is 4.39 Å². The molecule has 6 aliphatic rings. The fraction of sp³-hybridized carbons (Fsp3) is 0.549. The van der Waals surface area contributed by atoms with E-state index in [-0.39, 0.29) is 84.9 Å². The second-order valence-corrected chi connectivity index (χ2v) is 21.1. The van der Waals surface area contributed by atoms with E-state index in [1.54, 1.807) is 11.9 Å². The molecule has 3 aromatic heterocycles. The topological polar surface area (TPSA) is 199 Å². The minimum absolute atomic E-state index is 0.00512. The molecule has 2 bridgehead atoms. The number of phenols is 1. The minimum Gasteiger partial charge on any atom is -0.508 e. The highest BCUT2D eigenvalue weighted by atomic mass is 35.5. The first kappa shape index (κ1) is 50.1. The highest BCUT2D eigenvalue weighted by Crippen LogP contribution is 2.46. The Morgan fingerprint density at radius 3 is 2.51 bits per heavy atom. The number of carbonyl (C=O) groups excluding carboxylic acids is 3. The number of aromatic hydroxyl groups is 1. The smallest absolute Gasteiger partial charge is 0.418 e. The van der Waals surface area contributed by atoms with Crippen LogP contribution < -0.4 is 26.0 Å². The Morgan fingerprint density at radius 1 is 0.973 bits per heavy atom. The molecule has 6 fully saturated rings. The number of halogens is 5. The van der Waals surface area contributed by atoms with Crippen LogP contribution in [0.3, 0.4) is 0 Å². The van der Waals surface area contributed by atoms with Crippen molar-refractivity contribution in [3.05, 3.63) is 69.0 Å². The maximum Gasteiger partial charge on any atom is 0.418 e. The molecule has 5 aromatic rings. The van der Waals surface area contributed by atoms with Crippen molar-refractivity contribution in [2.45, 2.75) is 119 Å². The standard InChI is InChI=1S/C51H57ClF4N10O8/c1-62-39-20-28(5-8-37(39)66(48(62)70)38-9-10-40(68)59-46(38)69)4-2-19-72-33-12-17-63(18-13-33)49(71)73-26-31-11-15-50(14-3-16-65(31)50)27-74-47-60-44-35(45(61-47)64-24-29-6-7-30(25-64)58-29)23-57-43(42(44)53)34-21-32(67)22-36(52)41(34)51(54,55)56/h5,8,20-23,29-31,33,38,58,67H,2-4,6-7,9-19,24-27H2,1H3,(H,59,68,69)/t29-,30+,31-,38?,50-/m0/s1. The maximum absolute atomic E-state index is 16.8. The summed E-state index contributed by atoms with van der Waals surface area (Å²) in [7, 11) is 1.68. The monoisotopic (exact) mass is 1050 g/mol. The van der Waals surface area contributed by atoms with E-state index in [4.69, 9.17) is 30.8 Å². The van der Waals surface area contributed by atoms with Gasteiger partial charge in [-0.05, 0) is 107 Å². The molecule has 0 aliphatic carbocycles. The molecule has 9 heterocycles. The van der Waals surface area contributed by atoms with E-state index in [0.717, 1.165) is 75.6 Å². The number of imidazole rings is 1. The predicted octanol–water partition coefficient (Wildman–Crippen LogP) is 6.41. The maximum atomic E-state index is 16.8. The SMILES string of the molecule is Cn1c(=O)n(C2CCC(=O)NC2=O)c2ccc(CCCOC3CCN(C(=O)OC[C@@H]4CC[C@]5(COc6nc(N7C[C@H]8CC[C@@H](C7)N8)c7cnc(-c8cc(O)cc(Cl)c8C(F)(F)F)c(F)c7n6)CCCN45)CC3)cc21. The number of amides is 3. The van der Waals surface area contributed by atoms with Gasteiger partial charge < -0.3 is 34.4 Å². The third-order valence-corrected chi connectivity index (χ3v) is 16.3. The summed E-state index contributed by atoms with van der Waals surface area (Å²) in [5.41, 5.74) is -1.37. The van der Waals surface area contributed by atoms with Gasteiger partial charge >= 0.3 is 24.0 Å². The van der Waals surface area contributed by atoms with Crippen molar-refractivity contribution >= 4 is 57.3 Å². The number of imide groups is 1. The molecule has 6 saturated heterocycles. The third-order valence-electron chi connectivity index (χ3n) is 16.0. The Bertz CT molecular complexity index is 3080. The number of fused-ring (bicyclic) bond motifs is 5. The third kappa shape index (κ3) is 9.50. The number of aromatic nitrogens is 5. The lowest BCUT2D eigenvalue weighted by Gasteiger charge is -2.36. The summed E-state index contributed by atoms with van der Waals surface area (Å²) in [4.78, 5) is 70.3. The Hall–Kier alpha value is -6.10. The number of phenolic OH excluding ortho intramolecular Hbond substituents is 1. The Morgan fingerprint density at radius 2 is 1.76 bits per heavy atom. The highest BCUT2D eigenvalue weighted by Gasteiger charge is 2.50. The number of rotatable bonds is 13. The van der Waals surface area contributed by atoms with Crippen molar-refractivity contribution < 1.29 is 51.3 Å². The van der Waals surface area contributed by atoms with Gasteiger partial charge in [-0.25, -0.2) is 14.0 Å². The van der Waals surface area contributed by atoms with Crippen molar-refractivity contribution in [1.29, 1.82) is 0 Å². The van der Waals surface area contributed by atoms with E-state index in [1.807, 2.05) is 23.1 Å². The number of benzene rings is 2. The molecular formula is C51H57ClF4N10O8. The summed E-state index contributed by atoms with van der Waals surface area (Å²) in [5.74, 6) is -2.17. The molecule has 2 aromatic carbocycles. The predicted molar refractivity (Wildman–Crippen MR) is 263 cm³/mol. The number of hydrogen-bond acceptors (Lipinski definition) is 14. The number of carbonyl (C=O) groups is 3. The van der Waals surface area contributed by atoms with Crippen LogP contribution in [0.5, 0.6) is 11.8 Å². The molecule has 0 radical (unpaired) electrons. The number of ether oxygens (including phenoxy) is 3. The molecule has 5 atom stereocenters. The second kappa shape index (κ2) is 19.9. The van der Waals surface area contributed by atoms with E-state index in [0.29, 0.717) is 62.5 Å². The van der Waals surface area contributed by atoms with Crippen LogP contribution in [-0.2, 0) is 38.7 Å². The van der Waals surface area contributed by atoms with Crippen LogP contribution >= 0.6 is 11.6 Å². The van der Waals surface area contributed by atoms with Gasteiger partial charge in [0.15, 0.2) is 5.82 Å². The Labute approximate surface area is 427 Å². The number of hydrogen-bond donors (Lipinski definition) is 3. The lowest BCUT2D eigenvalue weighted by molar-refractivity contribution is -0.137. The summed E-state index contributed by atoms with van der Waals surface area (Å²) in [6, 6.07) is 6.72. The molecule has 3 N–H and O–H groups in total. The number of likely N-dealkylation sites (tertiary alicyclic amines) is 1. The summed E-state index contributed by atoms with van der Waals surface area (Å²) < 4.78 is 81.4. The molecule has 3 amide bonds. The first-order chi connectivity index (χ1) is 35.5. The highest BCUT2D eigenvalue weighted by molar-refractivity contribution is 6.32. The van der Waals surface area contributed by atoms with Crippen LogP contribution in [0, 0.1) is 5.82 Å². The fourth-order valence-corrected chi connectivity index (χ4v) is 12.6. The van der Waals surface area contributed by atoms with E-state index in [9.17, 15) is 37.5 Å². The van der Waals surface area contributed by atoms with Gasteiger partial charge in [-0.3, -0.25) is 33.9 Å². The first-order valence-electron chi connectivity index (χ1n) is 25.5. The van der Waals surface area contributed by atoms with E-state index in [1.165, 1.54) is 15.3 Å². The number of piperidine rings is 2. The number of nitrogens with zero attached hydrogens (tertiary/aromatic N) is 8. The number of anilines is 1.